The van der Waals surface area contributed by atoms with E-state index in [2.05, 4.69) is 10.6 Å². The molecule has 0 aliphatic carbocycles. The third-order valence-corrected chi connectivity index (χ3v) is 2.56. The fraction of sp³-hybridized carbons (Fsp3) is 0.500. The van der Waals surface area contributed by atoms with Gasteiger partial charge in [-0.15, -0.1) is 0 Å². The largest absolute Gasteiger partial charge is 0.444 e. The number of ether oxygens (including phenoxy) is 1. The lowest BCUT2D eigenvalue weighted by Crippen LogP contribution is -2.33. The molecule has 1 aromatic carbocycles. The van der Waals surface area contributed by atoms with E-state index < -0.39 is 11.7 Å². The standard InChI is InChI=1S/C16H24N2O3/c1-16(2,3)21-15(20)17-12-8-7-11-14(19)18-13-9-5-4-6-10-13/h4-6,9-10H,7-8,11-12H2,1-3H3,(H,17,20)(H,18,19). The second-order valence-corrected chi connectivity index (χ2v) is 5.80. The lowest BCUT2D eigenvalue weighted by molar-refractivity contribution is -0.116. The minimum absolute atomic E-state index is 0.0153. The number of benzene rings is 1. The van der Waals surface area contributed by atoms with E-state index in [1.807, 2.05) is 51.1 Å². The van der Waals surface area contributed by atoms with Gasteiger partial charge >= 0.3 is 6.09 Å². The van der Waals surface area contributed by atoms with E-state index in [0.717, 1.165) is 12.1 Å². The lowest BCUT2D eigenvalue weighted by Gasteiger charge is -2.19. The summed E-state index contributed by atoms with van der Waals surface area (Å²) < 4.78 is 5.12. The van der Waals surface area contributed by atoms with Gasteiger partial charge in [-0.25, -0.2) is 4.79 Å². The molecule has 1 aromatic rings. The van der Waals surface area contributed by atoms with E-state index in [1.165, 1.54) is 0 Å². The van der Waals surface area contributed by atoms with Crippen LogP contribution in [0.15, 0.2) is 30.3 Å². The Labute approximate surface area is 126 Å². The van der Waals surface area contributed by atoms with Crippen LogP contribution >= 0.6 is 0 Å². The molecular formula is C16H24N2O3. The van der Waals surface area contributed by atoms with Gasteiger partial charge in [0.05, 0.1) is 0 Å². The van der Waals surface area contributed by atoms with Crippen molar-refractivity contribution in [1.82, 2.24) is 5.32 Å². The van der Waals surface area contributed by atoms with E-state index >= 15 is 0 Å². The normalized spacial score (nSPS) is 10.8. The molecule has 116 valence electrons. The first kappa shape index (κ1) is 17.0. The number of para-hydroxylation sites is 1. The van der Waals surface area contributed by atoms with Crippen LogP contribution < -0.4 is 10.6 Å². The smallest absolute Gasteiger partial charge is 0.407 e. The number of hydrogen-bond acceptors (Lipinski definition) is 3. The molecule has 0 fully saturated rings. The van der Waals surface area contributed by atoms with Crippen LogP contribution in [0.25, 0.3) is 0 Å². The van der Waals surface area contributed by atoms with Crippen LogP contribution in [0.5, 0.6) is 0 Å². The number of carbonyl (C=O) groups is 2. The van der Waals surface area contributed by atoms with Gasteiger partial charge in [0.25, 0.3) is 0 Å². The van der Waals surface area contributed by atoms with Crippen LogP contribution in [0.2, 0.25) is 0 Å². The van der Waals surface area contributed by atoms with Gasteiger partial charge in [0.2, 0.25) is 5.91 Å². The molecule has 0 radical (unpaired) electrons. The van der Waals surface area contributed by atoms with Crippen molar-refractivity contribution in [3.05, 3.63) is 30.3 Å². The first-order valence-corrected chi connectivity index (χ1v) is 7.18. The van der Waals surface area contributed by atoms with Crippen molar-refractivity contribution in [1.29, 1.82) is 0 Å². The molecule has 5 heteroatoms. The number of rotatable bonds is 6. The van der Waals surface area contributed by atoms with Crippen LogP contribution in [-0.2, 0) is 9.53 Å². The summed E-state index contributed by atoms with van der Waals surface area (Å²) in [5.41, 5.74) is 0.314. The first-order valence-electron chi connectivity index (χ1n) is 7.18. The van der Waals surface area contributed by atoms with Gasteiger partial charge in [0.1, 0.15) is 5.60 Å². The maximum atomic E-state index is 11.7. The van der Waals surface area contributed by atoms with Crippen molar-refractivity contribution < 1.29 is 14.3 Å². The van der Waals surface area contributed by atoms with E-state index in [1.54, 1.807) is 0 Å². The summed E-state index contributed by atoms with van der Waals surface area (Å²) in [7, 11) is 0. The second-order valence-electron chi connectivity index (χ2n) is 5.80. The number of nitrogens with one attached hydrogen (secondary N) is 2. The van der Waals surface area contributed by atoms with Crippen LogP contribution in [0.4, 0.5) is 10.5 Å². The topological polar surface area (TPSA) is 67.4 Å². The van der Waals surface area contributed by atoms with Crippen molar-refractivity contribution in [2.24, 2.45) is 0 Å². The van der Waals surface area contributed by atoms with Gasteiger partial charge in [-0.1, -0.05) is 18.2 Å². The fourth-order valence-corrected chi connectivity index (χ4v) is 1.66. The van der Waals surface area contributed by atoms with Gasteiger partial charge < -0.3 is 15.4 Å². The highest BCUT2D eigenvalue weighted by Crippen LogP contribution is 2.07. The SMILES string of the molecule is CC(C)(C)OC(=O)NCCCCC(=O)Nc1ccccc1. The lowest BCUT2D eigenvalue weighted by atomic mass is 10.2. The minimum atomic E-state index is -0.486. The average Bonchev–Trinajstić information content (AvgIpc) is 2.37. The predicted octanol–water partition coefficient (Wildman–Crippen LogP) is 3.32. The molecule has 0 spiro atoms. The number of hydrogen-bond donors (Lipinski definition) is 2. The zero-order valence-corrected chi connectivity index (χ0v) is 12.9. The quantitative estimate of drug-likeness (QED) is 0.790. The Morgan fingerprint density at radius 3 is 2.38 bits per heavy atom. The summed E-state index contributed by atoms with van der Waals surface area (Å²) in [6, 6.07) is 9.35. The Kier molecular flexibility index (Phi) is 6.72. The first-order chi connectivity index (χ1) is 9.87. The average molecular weight is 292 g/mol. The molecule has 0 bridgehead atoms. The van der Waals surface area contributed by atoms with Crippen molar-refractivity contribution >= 4 is 17.7 Å². The molecule has 0 aliphatic rings. The molecule has 2 amide bonds. The van der Waals surface area contributed by atoms with Crippen LogP contribution in [0.3, 0.4) is 0 Å². The second kappa shape index (κ2) is 8.29. The molecule has 0 atom stereocenters. The summed E-state index contributed by atoms with van der Waals surface area (Å²) >= 11 is 0. The van der Waals surface area contributed by atoms with E-state index in [-0.39, 0.29) is 5.91 Å². The molecule has 0 aromatic heterocycles. The van der Waals surface area contributed by atoms with Gasteiger partial charge in [0, 0.05) is 18.7 Å². The van der Waals surface area contributed by atoms with E-state index in [0.29, 0.717) is 19.4 Å². The van der Waals surface area contributed by atoms with Gasteiger partial charge in [0.15, 0.2) is 0 Å². The van der Waals surface area contributed by atoms with Gasteiger partial charge in [-0.3, -0.25) is 4.79 Å². The highest BCUT2D eigenvalue weighted by Gasteiger charge is 2.15. The third kappa shape index (κ3) is 8.68. The summed E-state index contributed by atoms with van der Waals surface area (Å²) in [5.74, 6) is -0.0153. The minimum Gasteiger partial charge on any atom is -0.444 e. The highest BCUT2D eigenvalue weighted by molar-refractivity contribution is 5.90. The van der Waals surface area contributed by atoms with Crippen LogP contribution in [0, 0.1) is 0 Å². The molecule has 0 heterocycles. The molecule has 0 saturated heterocycles. The summed E-state index contributed by atoms with van der Waals surface area (Å²) in [6.45, 7) is 5.97. The Morgan fingerprint density at radius 2 is 1.76 bits per heavy atom. The Balaban J connectivity index is 2.09. The molecule has 5 nitrogen and oxygen atoms in total. The molecule has 0 aliphatic heterocycles. The van der Waals surface area contributed by atoms with Crippen molar-refractivity contribution in [3.63, 3.8) is 0 Å². The summed E-state index contributed by atoms with van der Waals surface area (Å²) in [6.07, 6.45) is 1.47. The van der Waals surface area contributed by atoms with Gasteiger partial charge in [-0.05, 0) is 45.7 Å². The summed E-state index contributed by atoms with van der Waals surface area (Å²) in [5, 5.41) is 5.49. The van der Waals surface area contributed by atoms with E-state index in [4.69, 9.17) is 4.74 Å². The predicted molar refractivity (Wildman–Crippen MR) is 83.2 cm³/mol. The molecule has 0 unspecified atom stereocenters. The van der Waals surface area contributed by atoms with E-state index in [9.17, 15) is 9.59 Å². The van der Waals surface area contributed by atoms with Crippen molar-refractivity contribution in [2.75, 3.05) is 11.9 Å². The maximum absolute atomic E-state index is 11.7. The molecule has 0 saturated carbocycles. The zero-order valence-electron chi connectivity index (χ0n) is 12.9. The fourth-order valence-electron chi connectivity index (χ4n) is 1.66. The molecule has 2 N–H and O–H groups in total. The molecular weight excluding hydrogens is 268 g/mol. The molecule has 21 heavy (non-hydrogen) atoms. The number of alkyl carbamates (subject to hydrolysis) is 1. The number of amides is 2. The zero-order chi connectivity index (χ0) is 15.7. The van der Waals surface area contributed by atoms with Crippen molar-refractivity contribution in [3.8, 4) is 0 Å². The van der Waals surface area contributed by atoms with Crippen LogP contribution in [0.1, 0.15) is 40.0 Å². The Bertz CT molecular complexity index is 452. The van der Waals surface area contributed by atoms with Gasteiger partial charge in [-0.2, -0.15) is 0 Å². The third-order valence-electron chi connectivity index (χ3n) is 2.56. The number of unbranched alkanes of at least 4 members (excludes halogenated alkanes) is 1. The maximum Gasteiger partial charge on any atom is 0.407 e. The Hall–Kier alpha value is -2.04. The summed E-state index contributed by atoms with van der Waals surface area (Å²) in [4.78, 5) is 23.1. The Morgan fingerprint density at radius 1 is 1.10 bits per heavy atom. The van der Waals surface area contributed by atoms with Crippen LogP contribution in [-0.4, -0.2) is 24.1 Å². The van der Waals surface area contributed by atoms with Crippen molar-refractivity contribution in [2.45, 2.75) is 45.6 Å². The number of carbonyl (C=O) groups excluding carboxylic acids is 2. The monoisotopic (exact) mass is 292 g/mol. The molecule has 1 rings (SSSR count). The highest BCUT2D eigenvalue weighted by atomic mass is 16.6. The number of anilines is 1.